The highest BCUT2D eigenvalue weighted by molar-refractivity contribution is 7.94. The van der Waals surface area contributed by atoms with Gasteiger partial charge in [0.05, 0.1) is 18.9 Å². The van der Waals surface area contributed by atoms with Gasteiger partial charge in [0.2, 0.25) is 0 Å². The van der Waals surface area contributed by atoms with E-state index >= 15 is 0 Å². The van der Waals surface area contributed by atoms with Crippen LogP contribution in [0.4, 0.5) is 5.69 Å². The van der Waals surface area contributed by atoms with E-state index < -0.39 is 10.0 Å². The second-order valence-electron chi connectivity index (χ2n) is 5.33. The van der Waals surface area contributed by atoms with E-state index in [-0.39, 0.29) is 0 Å². The number of aryl methyl sites for hydroxylation is 1. The van der Waals surface area contributed by atoms with E-state index in [4.69, 9.17) is 9.47 Å². The van der Waals surface area contributed by atoms with Crippen LogP contribution in [0.2, 0.25) is 0 Å². The van der Waals surface area contributed by atoms with Crippen molar-refractivity contribution in [3.05, 3.63) is 35.2 Å². The van der Waals surface area contributed by atoms with Crippen LogP contribution in [-0.4, -0.2) is 21.6 Å². The molecule has 0 aliphatic heterocycles. The Morgan fingerprint density at radius 2 is 1.67 bits per heavy atom. The quantitative estimate of drug-likeness (QED) is 0.710. The molecule has 0 amide bonds. The minimum absolute atomic E-state index is 0.294. The van der Waals surface area contributed by atoms with E-state index in [0.717, 1.165) is 17.7 Å². The molecule has 24 heavy (non-hydrogen) atoms. The first-order chi connectivity index (χ1) is 11.5. The van der Waals surface area contributed by atoms with Crippen LogP contribution in [0.5, 0.6) is 11.5 Å². The second kappa shape index (κ2) is 8.39. The molecule has 0 spiro atoms. The molecule has 5 nitrogen and oxygen atoms in total. The Morgan fingerprint density at radius 1 is 1.00 bits per heavy atom. The molecular weight excluding hydrogens is 346 g/mol. The lowest BCUT2D eigenvalue weighted by Gasteiger charge is -2.14. The number of sulfonamides is 1. The zero-order valence-corrected chi connectivity index (χ0v) is 15.8. The van der Waals surface area contributed by atoms with Gasteiger partial charge in [-0.05, 0) is 44.0 Å². The first kappa shape index (κ1) is 18.6. The largest absolute Gasteiger partial charge is 0.490 e. The lowest BCUT2D eigenvalue weighted by molar-refractivity contribution is 0.268. The molecule has 0 unspecified atom stereocenters. The van der Waals surface area contributed by atoms with Crippen LogP contribution in [0.15, 0.2) is 34.5 Å². The number of thiophene rings is 1. The summed E-state index contributed by atoms with van der Waals surface area (Å²) in [7, 11) is -3.59. The van der Waals surface area contributed by atoms with Crippen LogP contribution in [0.25, 0.3) is 0 Å². The minimum Gasteiger partial charge on any atom is -0.490 e. The van der Waals surface area contributed by atoms with Gasteiger partial charge in [-0.1, -0.05) is 13.8 Å². The van der Waals surface area contributed by atoms with Crippen molar-refractivity contribution in [2.24, 2.45) is 0 Å². The summed E-state index contributed by atoms with van der Waals surface area (Å²) in [5.41, 5.74) is 0.455. The van der Waals surface area contributed by atoms with Gasteiger partial charge < -0.3 is 9.47 Å². The summed E-state index contributed by atoms with van der Waals surface area (Å²) in [6, 6.07) is 8.48. The molecule has 0 radical (unpaired) electrons. The van der Waals surface area contributed by atoms with Crippen molar-refractivity contribution in [1.29, 1.82) is 0 Å². The summed E-state index contributed by atoms with van der Waals surface area (Å²) >= 11 is 1.24. The van der Waals surface area contributed by atoms with Crippen LogP contribution in [-0.2, 0) is 10.0 Å². The average molecular weight is 370 g/mol. The molecule has 2 aromatic rings. The Morgan fingerprint density at radius 3 is 2.25 bits per heavy atom. The lowest BCUT2D eigenvalue weighted by atomic mass is 10.3. The Hall–Kier alpha value is -1.73. The maximum Gasteiger partial charge on any atom is 0.271 e. The van der Waals surface area contributed by atoms with E-state index in [0.29, 0.717) is 34.6 Å². The number of hydrogen-bond donors (Lipinski definition) is 1. The van der Waals surface area contributed by atoms with Crippen molar-refractivity contribution in [2.75, 3.05) is 17.9 Å². The van der Waals surface area contributed by atoms with Gasteiger partial charge in [-0.25, -0.2) is 8.42 Å². The number of nitrogens with one attached hydrogen (secondary N) is 1. The summed E-state index contributed by atoms with van der Waals surface area (Å²) in [5, 5.41) is 0. The van der Waals surface area contributed by atoms with Gasteiger partial charge in [0.15, 0.2) is 11.5 Å². The average Bonchev–Trinajstić information content (AvgIpc) is 2.99. The Bertz CT molecular complexity index is 769. The van der Waals surface area contributed by atoms with E-state index in [1.807, 2.05) is 20.8 Å². The molecule has 0 saturated heterocycles. The van der Waals surface area contributed by atoms with E-state index in [1.165, 1.54) is 11.3 Å². The van der Waals surface area contributed by atoms with Crippen molar-refractivity contribution in [3.63, 3.8) is 0 Å². The number of hydrogen-bond acceptors (Lipinski definition) is 5. The van der Waals surface area contributed by atoms with E-state index in [1.54, 1.807) is 30.3 Å². The highest BCUT2D eigenvalue weighted by Crippen LogP contribution is 2.32. The molecule has 2 rings (SSSR count). The Kier molecular flexibility index (Phi) is 6.51. The third kappa shape index (κ3) is 4.88. The number of benzene rings is 1. The molecular formula is C17H23NO4S2. The molecule has 0 fully saturated rings. The van der Waals surface area contributed by atoms with Crippen molar-refractivity contribution in [2.45, 2.75) is 37.8 Å². The minimum atomic E-state index is -3.59. The van der Waals surface area contributed by atoms with Gasteiger partial charge in [0.25, 0.3) is 10.0 Å². The molecule has 1 N–H and O–H groups in total. The summed E-state index contributed by atoms with van der Waals surface area (Å²) < 4.78 is 39.1. The van der Waals surface area contributed by atoms with Gasteiger partial charge in [-0.15, -0.1) is 11.3 Å². The zero-order valence-electron chi connectivity index (χ0n) is 14.2. The molecule has 0 aliphatic rings. The molecule has 0 atom stereocenters. The van der Waals surface area contributed by atoms with Gasteiger partial charge in [0, 0.05) is 10.9 Å². The van der Waals surface area contributed by atoms with Crippen LogP contribution in [0.1, 0.15) is 31.6 Å². The summed E-state index contributed by atoms with van der Waals surface area (Å²) in [6.07, 6.45) is 1.75. The highest BCUT2D eigenvalue weighted by atomic mass is 32.2. The molecule has 1 heterocycles. The molecule has 1 aromatic heterocycles. The fraction of sp³-hybridized carbons (Fsp3) is 0.412. The Balaban J connectivity index is 2.23. The maximum atomic E-state index is 12.4. The van der Waals surface area contributed by atoms with Crippen molar-refractivity contribution < 1.29 is 17.9 Å². The fourth-order valence-electron chi connectivity index (χ4n) is 1.99. The summed E-state index contributed by atoms with van der Waals surface area (Å²) in [5.74, 6) is 1.17. The Labute approximate surface area is 147 Å². The topological polar surface area (TPSA) is 64.6 Å². The summed E-state index contributed by atoms with van der Waals surface area (Å²) in [6.45, 7) is 7.04. The van der Waals surface area contributed by atoms with Gasteiger partial charge in [-0.2, -0.15) is 0 Å². The summed E-state index contributed by atoms with van der Waals surface area (Å²) in [4.78, 5) is 0.950. The smallest absolute Gasteiger partial charge is 0.271 e. The SMILES string of the molecule is CCCOc1ccc(NS(=O)(=O)c2ccc(C)s2)cc1OCCC. The van der Waals surface area contributed by atoms with Crippen molar-refractivity contribution in [1.82, 2.24) is 0 Å². The maximum absolute atomic E-state index is 12.4. The third-order valence-corrected chi connectivity index (χ3v) is 5.97. The molecule has 0 aliphatic carbocycles. The van der Waals surface area contributed by atoms with Crippen molar-refractivity contribution in [3.8, 4) is 11.5 Å². The predicted molar refractivity (Wildman–Crippen MR) is 97.9 cm³/mol. The van der Waals surface area contributed by atoms with Crippen LogP contribution in [0.3, 0.4) is 0 Å². The van der Waals surface area contributed by atoms with E-state index in [9.17, 15) is 8.42 Å². The zero-order chi connectivity index (χ0) is 17.6. The first-order valence-electron chi connectivity index (χ1n) is 7.95. The number of ether oxygens (including phenoxy) is 2. The van der Waals surface area contributed by atoms with Gasteiger partial charge >= 0.3 is 0 Å². The van der Waals surface area contributed by atoms with Crippen molar-refractivity contribution >= 4 is 27.0 Å². The fourth-order valence-corrected chi connectivity index (χ4v) is 4.32. The second-order valence-corrected chi connectivity index (χ2v) is 8.53. The number of anilines is 1. The van der Waals surface area contributed by atoms with Crippen LogP contribution < -0.4 is 14.2 Å². The highest BCUT2D eigenvalue weighted by Gasteiger charge is 2.17. The molecule has 0 saturated carbocycles. The standard InChI is InChI=1S/C17H23NO4S2/c1-4-10-21-15-8-7-14(12-16(15)22-11-5-2)18-24(19,20)17-9-6-13(3)23-17/h6-9,12,18H,4-5,10-11H2,1-3H3. The van der Waals surface area contributed by atoms with Gasteiger partial charge in [-0.3, -0.25) is 4.72 Å². The van der Waals surface area contributed by atoms with Crippen LogP contribution >= 0.6 is 11.3 Å². The monoisotopic (exact) mass is 369 g/mol. The van der Waals surface area contributed by atoms with Crippen LogP contribution in [0, 0.1) is 6.92 Å². The van der Waals surface area contributed by atoms with E-state index in [2.05, 4.69) is 4.72 Å². The van der Waals surface area contributed by atoms with Gasteiger partial charge in [0.1, 0.15) is 4.21 Å². The predicted octanol–water partition coefficient (Wildman–Crippen LogP) is 4.43. The molecule has 7 heteroatoms. The number of rotatable bonds is 9. The molecule has 1 aromatic carbocycles. The lowest BCUT2D eigenvalue weighted by Crippen LogP contribution is -2.11. The molecule has 0 bridgehead atoms. The molecule has 132 valence electrons. The third-order valence-electron chi connectivity index (χ3n) is 3.10. The first-order valence-corrected chi connectivity index (χ1v) is 10.2. The normalized spacial score (nSPS) is 11.3.